The first-order valence-electron chi connectivity index (χ1n) is 9.78. The number of phenolic OH excluding ortho intramolecular Hbond substituents is 1. The number of fused-ring (bicyclic) bond motifs is 3. The van der Waals surface area contributed by atoms with Crippen molar-refractivity contribution in [1.82, 2.24) is 0 Å². The van der Waals surface area contributed by atoms with Crippen LogP contribution in [0.25, 0.3) is 10.8 Å². The predicted octanol–water partition coefficient (Wildman–Crippen LogP) is 6.48. The van der Waals surface area contributed by atoms with Gasteiger partial charge in [0, 0.05) is 34.2 Å². The molecule has 0 radical (unpaired) electrons. The minimum atomic E-state index is -0.421. The fourth-order valence-corrected chi connectivity index (χ4v) is 4.78. The number of Topliss-reactive ketones (excluding diaryl/α,β-unsaturated/α-hetero) is 1. The summed E-state index contributed by atoms with van der Waals surface area (Å²) in [6.07, 6.45) is 0.990. The van der Waals surface area contributed by atoms with Gasteiger partial charge >= 0.3 is 0 Å². The van der Waals surface area contributed by atoms with E-state index in [1.54, 1.807) is 12.1 Å². The second kappa shape index (κ2) is 6.46. The van der Waals surface area contributed by atoms with Crippen LogP contribution in [-0.4, -0.2) is 10.9 Å². The van der Waals surface area contributed by atoms with E-state index >= 15 is 0 Å². The van der Waals surface area contributed by atoms with Crippen LogP contribution in [0.15, 0.2) is 70.4 Å². The van der Waals surface area contributed by atoms with Crippen molar-refractivity contribution in [2.45, 2.75) is 32.6 Å². The summed E-state index contributed by atoms with van der Waals surface area (Å²) in [6, 6.07) is 17.7. The van der Waals surface area contributed by atoms with Gasteiger partial charge in [-0.2, -0.15) is 0 Å². The van der Waals surface area contributed by atoms with Crippen molar-refractivity contribution in [3.63, 3.8) is 0 Å². The van der Waals surface area contributed by atoms with Crippen molar-refractivity contribution in [2.75, 3.05) is 0 Å². The Balaban J connectivity index is 1.80. The van der Waals surface area contributed by atoms with Crippen LogP contribution >= 0.6 is 15.9 Å². The molecular weight excluding hydrogens is 428 g/mol. The van der Waals surface area contributed by atoms with Gasteiger partial charge < -0.3 is 9.84 Å². The summed E-state index contributed by atoms with van der Waals surface area (Å²) >= 11 is 3.52. The van der Waals surface area contributed by atoms with E-state index in [9.17, 15) is 9.90 Å². The van der Waals surface area contributed by atoms with Gasteiger partial charge in [0.25, 0.3) is 0 Å². The molecule has 29 heavy (non-hydrogen) atoms. The fourth-order valence-electron chi connectivity index (χ4n) is 4.52. The highest BCUT2D eigenvalue weighted by Crippen LogP contribution is 2.52. The average Bonchev–Trinajstić information content (AvgIpc) is 2.68. The van der Waals surface area contributed by atoms with Gasteiger partial charge in [0.05, 0.1) is 0 Å². The van der Waals surface area contributed by atoms with E-state index in [0.717, 1.165) is 43.5 Å². The third-order valence-electron chi connectivity index (χ3n) is 6.15. The van der Waals surface area contributed by atoms with Gasteiger partial charge in [0.15, 0.2) is 0 Å². The first-order valence-corrected chi connectivity index (χ1v) is 10.6. The maximum Gasteiger partial charge on any atom is 0.143 e. The summed E-state index contributed by atoms with van der Waals surface area (Å²) in [5.74, 6) is 2.11. The molecule has 3 aromatic rings. The lowest BCUT2D eigenvalue weighted by Crippen LogP contribution is -2.34. The van der Waals surface area contributed by atoms with Crippen LogP contribution in [0, 0.1) is 5.41 Å². The molecule has 4 heteroatoms. The summed E-state index contributed by atoms with van der Waals surface area (Å²) in [7, 11) is 0. The number of halogens is 1. The van der Waals surface area contributed by atoms with Gasteiger partial charge in [0.1, 0.15) is 23.0 Å². The highest BCUT2D eigenvalue weighted by Gasteiger charge is 2.42. The first kappa shape index (κ1) is 18.4. The molecule has 146 valence electrons. The fraction of sp³-hybridized carbons (Fsp3) is 0.240. The Morgan fingerprint density at radius 1 is 1.07 bits per heavy atom. The molecule has 2 aliphatic rings. The molecule has 0 saturated heterocycles. The van der Waals surface area contributed by atoms with E-state index < -0.39 is 5.41 Å². The maximum atomic E-state index is 12.9. The lowest BCUT2D eigenvalue weighted by atomic mass is 9.69. The third-order valence-corrected chi connectivity index (χ3v) is 6.68. The van der Waals surface area contributed by atoms with Gasteiger partial charge in [-0.1, -0.05) is 54.0 Å². The lowest BCUT2D eigenvalue weighted by Gasteiger charge is -2.39. The zero-order chi connectivity index (χ0) is 20.3. The van der Waals surface area contributed by atoms with E-state index in [4.69, 9.17) is 4.74 Å². The molecule has 0 bridgehead atoms. The SMILES string of the molecule is CC1(C)CC2=C(CC1=O)C(c1ccc(Br)cc1)c1c(ccc3ccc(O)cc13)O2. The monoisotopic (exact) mass is 448 g/mol. The third kappa shape index (κ3) is 2.98. The second-order valence-corrected chi connectivity index (χ2v) is 9.49. The molecule has 0 spiro atoms. The van der Waals surface area contributed by atoms with Crippen LogP contribution in [0.1, 0.15) is 43.7 Å². The van der Waals surface area contributed by atoms with Crippen molar-refractivity contribution in [1.29, 1.82) is 0 Å². The molecule has 0 amide bonds. The number of hydrogen-bond acceptors (Lipinski definition) is 3. The summed E-state index contributed by atoms with van der Waals surface area (Å²) in [5, 5.41) is 12.2. The Morgan fingerprint density at radius 2 is 1.79 bits per heavy atom. The van der Waals surface area contributed by atoms with Crippen molar-refractivity contribution in [2.24, 2.45) is 5.41 Å². The van der Waals surface area contributed by atoms with E-state index in [-0.39, 0.29) is 17.5 Å². The van der Waals surface area contributed by atoms with Crippen LogP contribution in [0.5, 0.6) is 11.5 Å². The van der Waals surface area contributed by atoms with E-state index in [0.29, 0.717) is 12.8 Å². The molecule has 1 aliphatic heterocycles. The predicted molar refractivity (Wildman–Crippen MR) is 117 cm³/mol. The number of allylic oxidation sites excluding steroid dienone is 2. The molecule has 1 N–H and O–H groups in total. The Morgan fingerprint density at radius 3 is 2.55 bits per heavy atom. The number of rotatable bonds is 1. The van der Waals surface area contributed by atoms with Gasteiger partial charge in [0.2, 0.25) is 0 Å². The minimum absolute atomic E-state index is 0.0765. The molecule has 0 aromatic heterocycles. The van der Waals surface area contributed by atoms with E-state index in [1.807, 2.05) is 44.2 Å². The van der Waals surface area contributed by atoms with Crippen LogP contribution in [-0.2, 0) is 4.79 Å². The first-order chi connectivity index (χ1) is 13.8. The number of ether oxygens (including phenoxy) is 1. The molecule has 3 aromatic carbocycles. The van der Waals surface area contributed by atoms with Gasteiger partial charge in [-0.15, -0.1) is 0 Å². The minimum Gasteiger partial charge on any atom is -0.508 e. The molecule has 5 rings (SSSR count). The van der Waals surface area contributed by atoms with Crippen LogP contribution in [0.3, 0.4) is 0 Å². The van der Waals surface area contributed by atoms with Gasteiger partial charge in [-0.3, -0.25) is 4.79 Å². The molecule has 1 atom stereocenters. The zero-order valence-electron chi connectivity index (χ0n) is 16.3. The summed E-state index contributed by atoms with van der Waals surface area (Å²) in [6.45, 7) is 3.98. The summed E-state index contributed by atoms with van der Waals surface area (Å²) < 4.78 is 7.39. The van der Waals surface area contributed by atoms with Crippen molar-refractivity contribution < 1.29 is 14.6 Å². The molecule has 1 unspecified atom stereocenters. The highest BCUT2D eigenvalue weighted by atomic mass is 79.9. The normalized spacial score (nSPS) is 20.2. The molecule has 1 heterocycles. The van der Waals surface area contributed by atoms with Gasteiger partial charge in [-0.05, 0) is 52.2 Å². The van der Waals surface area contributed by atoms with E-state index in [2.05, 4.69) is 28.1 Å². The Labute approximate surface area is 178 Å². The van der Waals surface area contributed by atoms with Crippen molar-refractivity contribution in [3.05, 3.63) is 81.5 Å². The van der Waals surface area contributed by atoms with Crippen molar-refractivity contribution in [3.8, 4) is 11.5 Å². The number of carbonyl (C=O) groups excluding carboxylic acids is 1. The second-order valence-electron chi connectivity index (χ2n) is 8.58. The number of ketones is 1. The largest absolute Gasteiger partial charge is 0.508 e. The number of hydrogen-bond donors (Lipinski definition) is 1. The topological polar surface area (TPSA) is 46.5 Å². The number of aromatic hydroxyl groups is 1. The highest BCUT2D eigenvalue weighted by molar-refractivity contribution is 9.10. The maximum absolute atomic E-state index is 12.9. The Hall–Kier alpha value is -2.59. The average molecular weight is 449 g/mol. The molecular formula is C25H21BrO3. The molecule has 1 aliphatic carbocycles. The molecule has 3 nitrogen and oxygen atoms in total. The Bertz CT molecular complexity index is 1190. The summed E-state index contributed by atoms with van der Waals surface area (Å²) in [5.41, 5.74) is 2.76. The van der Waals surface area contributed by atoms with E-state index in [1.165, 1.54) is 0 Å². The standard InChI is InChI=1S/C25H21BrO3/c1-25(2)13-21-19(12-22(25)28)23(15-3-7-16(26)8-4-15)24-18-11-17(27)9-5-14(18)6-10-20(24)29-21/h3-11,23,27H,12-13H2,1-2H3. The zero-order valence-corrected chi connectivity index (χ0v) is 17.9. The van der Waals surface area contributed by atoms with Crippen LogP contribution in [0.4, 0.5) is 0 Å². The summed E-state index contributed by atoms with van der Waals surface area (Å²) in [4.78, 5) is 12.9. The number of benzene rings is 3. The van der Waals surface area contributed by atoms with Crippen LogP contribution in [0.2, 0.25) is 0 Å². The molecule has 0 fully saturated rings. The van der Waals surface area contributed by atoms with Crippen LogP contribution < -0.4 is 4.74 Å². The quantitative estimate of drug-likeness (QED) is 0.463. The smallest absolute Gasteiger partial charge is 0.143 e. The van der Waals surface area contributed by atoms with Gasteiger partial charge in [-0.25, -0.2) is 0 Å². The molecule has 0 saturated carbocycles. The lowest BCUT2D eigenvalue weighted by molar-refractivity contribution is -0.127. The van der Waals surface area contributed by atoms with Crippen molar-refractivity contribution >= 4 is 32.5 Å². The number of carbonyl (C=O) groups is 1. The number of phenols is 1. The Kier molecular flexibility index (Phi) is 4.11.